The fourth-order valence-electron chi connectivity index (χ4n) is 3.44. The van der Waals surface area contributed by atoms with E-state index in [2.05, 4.69) is 17.4 Å². The van der Waals surface area contributed by atoms with Crippen molar-refractivity contribution in [2.24, 2.45) is 5.92 Å². The van der Waals surface area contributed by atoms with Crippen molar-refractivity contribution in [3.8, 4) is 0 Å². The molecule has 2 aliphatic heterocycles. The molecule has 124 valence electrons. The Morgan fingerprint density at radius 3 is 2.74 bits per heavy atom. The second-order valence-electron chi connectivity index (χ2n) is 6.76. The Morgan fingerprint density at radius 1 is 1.35 bits per heavy atom. The van der Waals surface area contributed by atoms with Crippen LogP contribution in [-0.2, 0) is 16.1 Å². The van der Waals surface area contributed by atoms with E-state index in [1.165, 1.54) is 5.56 Å². The van der Waals surface area contributed by atoms with Crippen LogP contribution in [0, 0.1) is 12.8 Å². The van der Waals surface area contributed by atoms with Crippen molar-refractivity contribution in [3.05, 3.63) is 35.4 Å². The average molecular weight is 315 g/mol. The van der Waals surface area contributed by atoms with Gasteiger partial charge >= 0.3 is 0 Å². The van der Waals surface area contributed by atoms with Gasteiger partial charge in [-0.2, -0.15) is 0 Å². The molecule has 0 radical (unpaired) electrons. The number of nitrogens with zero attached hydrogens (tertiary/aromatic N) is 2. The molecule has 0 saturated carbocycles. The fourth-order valence-corrected chi connectivity index (χ4v) is 3.44. The molecule has 2 fully saturated rings. The number of carbonyl (C=O) groups is 2. The quantitative estimate of drug-likeness (QED) is 0.907. The van der Waals surface area contributed by atoms with Crippen molar-refractivity contribution in [2.75, 3.05) is 26.7 Å². The topological polar surface area (TPSA) is 52.7 Å². The lowest BCUT2D eigenvalue weighted by molar-refractivity contribution is -0.136. The SMILES string of the molecule is Cc1ccc(CN2CC(C(=O)N(C)C3CCNC3)CC2=O)cc1. The molecule has 0 aromatic heterocycles. The molecule has 0 spiro atoms. The first-order chi connectivity index (χ1) is 11.0. The number of amides is 2. The van der Waals surface area contributed by atoms with Gasteiger partial charge < -0.3 is 15.1 Å². The Hall–Kier alpha value is -1.88. The fraction of sp³-hybridized carbons (Fsp3) is 0.556. The lowest BCUT2D eigenvalue weighted by Gasteiger charge is -2.26. The second kappa shape index (κ2) is 6.71. The van der Waals surface area contributed by atoms with Crippen molar-refractivity contribution < 1.29 is 9.59 Å². The van der Waals surface area contributed by atoms with E-state index < -0.39 is 0 Å². The van der Waals surface area contributed by atoms with Gasteiger partial charge in [0.2, 0.25) is 11.8 Å². The first kappa shape index (κ1) is 16.0. The summed E-state index contributed by atoms with van der Waals surface area (Å²) in [4.78, 5) is 28.5. The molecule has 5 nitrogen and oxygen atoms in total. The van der Waals surface area contributed by atoms with Gasteiger partial charge in [-0.25, -0.2) is 0 Å². The number of benzene rings is 1. The van der Waals surface area contributed by atoms with Gasteiger partial charge in [0.25, 0.3) is 0 Å². The van der Waals surface area contributed by atoms with Gasteiger partial charge in [0, 0.05) is 39.1 Å². The van der Waals surface area contributed by atoms with Crippen LogP contribution >= 0.6 is 0 Å². The molecule has 1 aromatic carbocycles. The molecule has 3 rings (SSSR count). The molecule has 2 atom stereocenters. The minimum Gasteiger partial charge on any atom is -0.341 e. The Bertz CT molecular complexity index is 578. The number of nitrogens with one attached hydrogen (secondary N) is 1. The van der Waals surface area contributed by atoms with Gasteiger partial charge in [-0.1, -0.05) is 29.8 Å². The number of carbonyl (C=O) groups excluding carboxylic acids is 2. The van der Waals surface area contributed by atoms with Crippen molar-refractivity contribution in [1.29, 1.82) is 0 Å². The van der Waals surface area contributed by atoms with E-state index in [0.29, 0.717) is 19.5 Å². The molecule has 2 aliphatic rings. The summed E-state index contributed by atoms with van der Waals surface area (Å²) in [6.07, 6.45) is 1.34. The first-order valence-corrected chi connectivity index (χ1v) is 8.35. The van der Waals surface area contributed by atoms with Crippen molar-refractivity contribution in [1.82, 2.24) is 15.1 Å². The minimum atomic E-state index is -0.196. The average Bonchev–Trinajstić information content (AvgIpc) is 3.19. The van der Waals surface area contributed by atoms with E-state index in [4.69, 9.17) is 0 Å². The van der Waals surface area contributed by atoms with Crippen LogP contribution in [0.5, 0.6) is 0 Å². The highest BCUT2D eigenvalue weighted by Gasteiger charge is 2.37. The molecular weight excluding hydrogens is 290 g/mol. The zero-order valence-corrected chi connectivity index (χ0v) is 13.9. The Morgan fingerprint density at radius 2 is 2.09 bits per heavy atom. The highest BCUT2D eigenvalue weighted by atomic mass is 16.2. The van der Waals surface area contributed by atoms with E-state index in [-0.39, 0.29) is 23.8 Å². The Balaban J connectivity index is 1.60. The number of likely N-dealkylation sites (tertiary alicyclic amines) is 1. The normalized spacial score (nSPS) is 24.3. The number of aryl methyl sites for hydroxylation is 1. The van der Waals surface area contributed by atoms with E-state index in [9.17, 15) is 9.59 Å². The highest BCUT2D eigenvalue weighted by molar-refractivity contribution is 5.89. The smallest absolute Gasteiger partial charge is 0.228 e. The maximum absolute atomic E-state index is 12.6. The summed E-state index contributed by atoms with van der Waals surface area (Å²) in [6, 6.07) is 8.48. The molecule has 0 aliphatic carbocycles. The maximum Gasteiger partial charge on any atom is 0.228 e. The molecule has 23 heavy (non-hydrogen) atoms. The zero-order valence-electron chi connectivity index (χ0n) is 13.9. The van der Waals surface area contributed by atoms with Crippen LogP contribution in [0.15, 0.2) is 24.3 Å². The van der Waals surface area contributed by atoms with Crippen LogP contribution in [0.3, 0.4) is 0 Å². The van der Waals surface area contributed by atoms with E-state index in [1.54, 1.807) is 0 Å². The Kier molecular flexibility index (Phi) is 4.66. The monoisotopic (exact) mass is 315 g/mol. The number of likely N-dealkylation sites (N-methyl/N-ethyl adjacent to an activating group) is 1. The standard InChI is InChI=1S/C18H25N3O2/c1-13-3-5-14(6-4-13)11-21-12-15(9-17(21)22)18(23)20(2)16-7-8-19-10-16/h3-6,15-16,19H,7-12H2,1-2H3. The zero-order chi connectivity index (χ0) is 16.4. The predicted octanol–water partition coefficient (Wildman–Crippen LogP) is 1.16. The summed E-state index contributed by atoms with van der Waals surface area (Å²) < 4.78 is 0. The van der Waals surface area contributed by atoms with Crippen LogP contribution in [-0.4, -0.2) is 54.3 Å². The van der Waals surface area contributed by atoms with Crippen LogP contribution in [0.4, 0.5) is 0 Å². The van der Waals surface area contributed by atoms with Crippen molar-refractivity contribution >= 4 is 11.8 Å². The van der Waals surface area contributed by atoms with Gasteiger partial charge in [0.1, 0.15) is 0 Å². The Labute approximate surface area is 137 Å². The number of rotatable bonds is 4. The van der Waals surface area contributed by atoms with Gasteiger partial charge in [0.05, 0.1) is 5.92 Å². The molecule has 2 heterocycles. The largest absolute Gasteiger partial charge is 0.341 e. The molecule has 1 N–H and O–H groups in total. The summed E-state index contributed by atoms with van der Waals surface area (Å²) in [6.45, 7) is 5.00. The molecule has 2 unspecified atom stereocenters. The minimum absolute atomic E-state index is 0.0851. The van der Waals surface area contributed by atoms with Gasteiger partial charge in [-0.05, 0) is 25.5 Å². The summed E-state index contributed by atoms with van der Waals surface area (Å²) in [7, 11) is 1.87. The molecule has 2 saturated heterocycles. The van der Waals surface area contributed by atoms with Gasteiger partial charge in [0.15, 0.2) is 0 Å². The molecule has 1 aromatic rings. The summed E-state index contributed by atoms with van der Waals surface area (Å²) in [5, 5.41) is 3.28. The van der Waals surface area contributed by atoms with Gasteiger partial charge in [-0.15, -0.1) is 0 Å². The van der Waals surface area contributed by atoms with Crippen molar-refractivity contribution in [2.45, 2.75) is 32.4 Å². The molecule has 0 bridgehead atoms. The third-order valence-electron chi connectivity index (χ3n) is 4.99. The molecule has 2 amide bonds. The maximum atomic E-state index is 12.6. The van der Waals surface area contributed by atoms with Crippen molar-refractivity contribution in [3.63, 3.8) is 0 Å². The predicted molar refractivity (Wildman–Crippen MR) is 88.7 cm³/mol. The lowest BCUT2D eigenvalue weighted by atomic mass is 10.1. The first-order valence-electron chi connectivity index (χ1n) is 8.35. The van der Waals surface area contributed by atoms with E-state index in [0.717, 1.165) is 25.1 Å². The van der Waals surface area contributed by atoms with E-state index in [1.807, 2.05) is 35.9 Å². The van der Waals surface area contributed by atoms with Crippen LogP contribution in [0.25, 0.3) is 0 Å². The van der Waals surface area contributed by atoms with Crippen LogP contribution in [0.1, 0.15) is 24.0 Å². The van der Waals surface area contributed by atoms with Crippen LogP contribution < -0.4 is 5.32 Å². The summed E-state index contributed by atoms with van der Waals surface area (Å²) in [5.74, 6) is -0.00104. The number of hydrogen-bond donors (Lipinski definition) is 1. The number of hydrogen-bond acceptors (Lipinski definition) is 3. The second-order valence-corrected chi connectivity index (χ2v) is 6.76. The summed E-state index contributed by atoms with van der Waals surface area (Å²) >= 11 is 0. The third-order valence-corrected chi connectivity index (χ3v) is 4.99. The van der Waals surface area contributed by atoms with E-state index >= 15 is 0 Å². The molecule has 5 heteroatoms. The molecular formula is C18H25N3O2. The van der Waals surface area contributed by atoms with Gasteiger partial charge in [-0.3, -0.25) is 9.59 Å². The summed E-state index contributed by atoms with van der Waals surface area (Å²) in [5.41, 5.74) is 2.33. The highest BCUT2D eigenvalue weighted by Crippen LogP contribution is 2.23. The van der Waals surface area contributed by atoms with Crippen LogP contribution in [0.2, 0.25) is 0 Å². The lowest BCUT2D eigenvalue weighted by Crippen LogP contribution is -2.42. The third kappa shape index (κ3) is 3.55.